The van der Waals surface area contributed by atoms with Gasteiger partial charge in [0.15, 0.2) is 0 Å². The first-order chi connectivity index (χ1) is 12.5. The summed E-state index contributed by atoms with van der Waals surface area (Å²) in [6.45, 7) is 0. The van der Waals surface area contributed by atoms with Crippen molar-refractivity contribution in [1.29, 1.82) is 5.26 Å². The average Bonchev–Trinajstić information content (AvgIpc) is 2.60. The monoisotopic (exact) mass is 384 g/mol. The van der Waals surface area contributed by atoms with Crippen molar-refractivity contribution >= 4 is 34.2 Å². The third kappa shape index (κ3) is 2.51. The molecule has 5 nitrogen and oxygen atoms in total. The summed E-state index contributed by atoms with van der Waals surface area (Å²) >= 11 is 12.4. The SMILES string of the molecule is N#CC1=C(N)Oc2ccc3ccc(=O)oc3c2[C@@H]1c1ccc(Cl)cc1Cl. The summed E-state index contributed by atoms with van der Waals surface area (Å²) in [5.41, 5.74) is 7.09. The molecule has 0 spiro atoms. The number of hydrogen-bond acceptors (Lipinski definition) is 5. The fraction of sp³-hybridized carbons (Fsp3) is 0.0526. The Bertz CT molecular complexity index is 1190. The minimum atomic E-state index is -0.650. The van der Waals surface area contributed by atoms with Crippen molar-refractivity contribution < 1.29 is 9.15 Å². The maximum atomic E-state index is 11.8. The van der Waals surface area contributed by atoms with Crippen LogP contribution in [0, 0.1) is 11.3 Å². The Labute approximate surface area is 157 Å². The molecule has 0 unspecified atom stereocenters. The maximum absolute atomic E-state index is 11.8. The van der Waals surface area contributed by atoms with Gasteiger partial charge in [0, 0.05) is 21.5 Å². The van der Waals surface area contributed by atoms with Gasteiger partial charge in [-0.25, -0.2) is 4.79 Å². The second-order valence-corrected chi connectivity index (χ2v) is 6.58. The summed E-state index contributed by atoms with van der Waals surface area (Å²) in [5.74, 6) is -0.268. The summed E-state index contributed by atoms with van der Waals surface area (Å²) in [6, 6.07) is 13.5. The molecule has 0 amide bonds. The van der Waals surface area contributed by atoms with E-state index in [2.05, 4.69) is 6.07 Å². The molecule has 128 valence electrons. The molecule has 1 aliphatic rings. The zero-order valence-electron chi connectivity index (χ0n) is 13.1. The van der Waals surface area contributed by atoms with Crippen molar-refractivity contribution in [2.75, 3.05) is 0 Å². The van der Waals surface area contributed by atoms with Crippen LogP contribution in [-0.4, -0.2) is 0 Å². The molecule has 1 aromatic heterocycles. The number of nitriles is 1. The van der Waals surface area contributed by atoms with Crippen LogP contribution in [0.4, 0.5) is 0 Å². The lowest BCUT2D eigenvalue weighted by atomic mass is 9.82. The Kier molecular flexibility index (Phi) is 3.87. The van der Waals surface area contributed by atoms with Gasteiger partial charge < -0.3 is 14.9 Å². The van der Waals surface area contributed by atoms with Crippen LogP contribution in [0.3, 0.4) is 0 Å². The van der Waals surface area contributed by atoms with Gasteiger partial charge in [-0.3, -0.25) is 0 Å². The van der Waals surface area contributed by atoms with E-state index < -0.39 is 11.5 Å². The predicted octanol–water partition coefficient (Wildman–Crippen LogP) is 4.32. The standard InChI is InChI=1S/C19H10Cl2N2O3/c20-10-3-4-11(13(21)7-10)16-12(8-22)19(23)25-14-5-1-9-2-6-15(24)26-18(9)17(14)16/h1-7,16H,23H2/t16-/m1/s1. The summed E-state index contributed by atoms with van der Waals surface area (Å²) in [6.07, 6.45) is 0. The van der Waals surface area contributed by atoms with E-state index in [0.29, 0.717) is 37.9 Å². The number of nitrogens with zero attached hydrogens (tertiary/aromatic N) is 1. The maximum Gasteiger partial charge on any atom is 0.336 e. The van der Waals surface area contributed by atoms with Gasteiger partial charge in [0.25, 0.3) is 0 Å². The van der Waals surface area contributed by atoms with Crippen LogP contribution in [0.2, 0.25) is 10.0 Å². The van der Waals surface area contributed by atoms with Gasteiger partial charge in [-0.05, 0) is 35.9 Å². The van der Waals surface area contributed by atoms with E-state index in [0.717, 1.165) is 0 Å². The number of ether oxygens (including phenoxy) is 1. The fourth-order valence-corrected chi connectivity index (χ4v) is 3.64. The molecule has 2 aromatic carbocycles. The first-order valence-corrected chi connectivity index (χ1v) is 8.34. The average molecular weight is 385 g/mol. The normalized spacial score (nSPS) is 16.1. The highest BCUT2D eigenvalue weighted by Crippen LogP contribution is 2.47. The van der Waals surface area contributed by atoms with Crippen molar-refractivity contribution in [2.45, 2.75) is 5.92 Å². The summed E-state index contributed by atoms with van der Waals surface area (Å²) in [7, 11) is 0. The van der Waals surface area contributed by atoms with E-state index in [-0.39, 0.29) is 11.5 Å². The molecule has 26 heavy (non-hydrogen) atoms. The molecule has 1 aliphatic heterocycles. The Morgan fingerprint density at radius 1 is 1.12 bits per heavy atom. The molecule has 0 aliphatic carbocycles. The summed E-state index contributed by atoms with van der Waals surface area (Å²) in [5, 5.41) is 11.2. The van der Waals surface area contributed by atoms with Crippen LogP contribution in [-0.2, 0) is 0 Å². The Morgan fingerprint density at radius 3 is 2.62 bits per heavy atom. The van der Waals surface area contributed by atoms with Gasteiger partial charge in [-0.15, -0.1) is 0 Å². The highest BCUT2D eigenvalue weighted by atomic mass is 35.5. The van der Waals surface area contributed by atoms with Crippen LogP contribution >= 0.6 is 23.2 Å². The smallest absolute Gasteiger partial charge is 0.336 e. The summed E-state index contributed by atoms with van der Waals surface area (Å²) in [4.78, 5) is 11.8. The molecule has 2 heterocycles. The predicted molar refractivity (Wildman–Crippen MR) is 98.2 cm³/mol. The molecular weight excluding hydrogens is 375 g/mol. The van der Waals surface area contributed by atoms with Crippen LogP contribution in [0.25, 0.3) is 11.0 Å². The largest absolute Gasteiger partial charge is 0.440 e. The quantitative estimate of drug-likeness (QED) is 0.631. The number of halogens is 2. The minimum absolute atomic E-state index is 0.0198. The summed E-state index contributed by atoms with van der Waals surface area (Å²) < 4.78 is 11.0. The topological polar surface area (TPSA) is 89.3 Å². The molecule has 0 fully saturated rings. The van der Waals surface area contributed by atoms with Crippen LogP contribution < -0.4 is 16.1 Å². The van der Waals surface area contributed by atoms with Gasteiger partial charge in [-0.2, -0.15) is 5.26 Å². The molecule has 0 saturated carbocycles. The number of benzene rings is 2. The molecule has 7 heteroatoms. The van der Waals surface area contributed by atoms with Gasteiger partial charge in [0.1, 0.15) is 23.0 Å². The fourth-order valence-electron chi connectivity index (χ4n) is 3.12. The van der Waals surface area contributed by atoms with E-state index in [1.54, 1.807) is 36.4 Å². The molecule has 2 N–H and O–H groups in total. The van der Waals surface area contributed by atoms with E-state index in [4.69, 9.17) is 38.1 Å². The highest BCUT2D eigenvalue weighted by molar-refractivity contribution is 6.35. The number of rotatable bonds is 1. The van der Waals surface area contributed by atoms with Gasteiger partial charge in [-0.1, -0.05) is 29.3 Å². The second kappa shape index (κ2) is 6.10. The third-order valence-corrected chi connectivity index (χ3v) is 4.81. The number of allylic oxidation sites excluding steroid dienone is 1. The number of nitrogens with two attached hydrogens (primary N) is 1. The zero-order valence-corrected chi connectivity index (χ0v) is 14.6. The van der Waals surface area contributed by atoms with Crippen molar-refractivity contribution in [3.8, 4) is 11.8 Å². The molecular formula is C19H10Cl2N2O3. The second-order valence-electron chi connectivity index (χ2n) is 5.74. The van der Waals surface area contributed by atoms with Crippen molar-refractivity contribution in [3.63, 3.8) is 0 Å². The van der Waals surface area contributed by atoms with E-state index in [1.165, 1.54) is 6.07 Å². The minimum Gasteiger partial charge on any atom is -0.440 e. The van der Waals surface area contributed by atoms with E-state index in [1.807, 2.05) is 0 Å². The number of fused-ring (bicyclic) bond motifs is 3. The van der Waals surface area contributed by atoms with Gasteiger partial charge in [0.05, 0.1) is 11.5 Å². The molecule has 3 aromatic rings. The molecule has 0 bridgehead atoms. The van der Waals surface area contributed by atoms with Gasteiger partial charge in [0.2, 0.25) is 5.88 Å². The van der Waals surface area contributed by atoms with Crippen molar-refractivity contribution in [2.24, 2.45) is 5.73 Å². The highest BCUT2D eigenvalue weighted by Gasteiger charge is 2.34. The van der Waals surface area contributed by atoms with Gasteiger partial charge >= 0.3 is 5.63 Å². The molecule has 4 rings (SSSR count). The lowest BCUT2D eigenvalue weighted by molar-refractivity contribution is 0.392. The lowest BCUT2D eigenvalue weighted by Crippen LogP contribution is -2.21. The molecule has 0 radical (unpaired) electrons. The van der Waals surface area contributed by atoms with Crippen LogP contribution in [0.5, 0.6) is 5.75 Å². The number of hydrogen-bond donors (Lipinski definition) is 1. The van der Waals surface area contributed by atoms with Crippen LogP contribution in [0.15, 0.2) is 63.1 Å². The van der Waals surface area contributed by atoms with Crippen molar-refractivity contribution in [1.82, 2.24) is 0 Å². The molecule has 1 atom stereocenters. The Hall–Kier alpha value is -2.94. The van der Waals surface area contributed by atoms with E-state index in [9.17, 15) is 10.1 Å². The zero-order chi connectivity index (χ0) is 18.4. The van der Waals surface area contributed by atoms with E-state index >= 15 is 0 Å². The molecule has 0 saturated heterocycles. The van der Waals surface area contributed by atoms with Crippen LogP contribution in [0.1, 0.15) is 17.0 Å². The van der Waals surface area contributed by atoms with Crippen molar-refractivity contribution in [3.05, 3.63) is 85.5 Å². The Balaban J connectivity index is 2.11. The third-order valence-electron chi connectivity index (χ3n) is 4.24. The lowest BCUT2D eigenvalue weighted by Gasteiger charge is -2.27. The first kappa shape index (κ1) is 16.5. The first-order valence-electron chi connectivity index (χ1n) is 7.59. The Morgan fingerprint density at radius 2 is 1.88 bits per heavy atom.